The highest BCUT2D eigenvalue weighted by atomic mass is 32.1. The van der Waals surface area contributed by atoms with E-state index in [0.717, 1.165) is 0 Å². The van der Waals surface area contributed by atoms with Crippen LogP contribution in [0.15, 0.2) is 11.5 Å². The van der Waals surface area contributed by atoms with Crippen LogP contribution in [0.25, 0.3) is 5.57 Å². The quantitative estimate of drug-likeness (QED) is 0.680. The molecule has 1 amide bonds. The van der Waals surface area contributed by atoms with Gasteiger partial charge in [0.25, 0.3) is 0 Å². The van der Waals surface area contributed by atoms with E-state index >= 15 is 0 Å². The average molecular weight is 312 g/mol. The number of ether oxygens (including phenoxy) is 2. The molecule has 1 aromatic rings. The average Bonchev–Trinajstić information content (AvgIpc) is 2.76. The highest BCUT2D eigenvalue weighted by Gasteiger charge is 2.19. The first kappa shape index (κ1) is 17.2. The number of aromatic nitrogens is 1. The fraction of sp³-hybridized carbons (Fsp3) is 0.500. The molecule has 0 aliphatic carbocycles. The largest absolute Gasteiger partial charge is 0.462 e. The molecule has 7 heteroatoms. The third-order valence-electron chi connectivity index (χ3n) is 2.17. The van der Waals surface area contributed by atoms with Gasteiger partial charge in [-0.15, -0.1) is 11.3 Å². The predicted octanol–water partition coefficient (Wildman–Crippen LogP) is 3.46. The zero-order valence-electron chi connectivity index (χ0n) is 12.9. The molecule has 1 N–H and O–H groups in total. The standard InChI is InChI=1S/C14H20N2O4S/c1-6-9(11(17)19-7-2)10-8-21-12(15-10)16-13(18)20-14(3,4)5/h6,8H,7H2,1-5H3,(H,15,16,18)/b9-6-. The van der Waals surface area contributed by atoms with E-state index in [4.69, 9.17) is 9.47 Å². The fourth-order valence-electron chi connectivity index (χ4n) is 1.42. The van der Waals surface area contributed by atoms with Crippen LogP contribution in [0.4, 0.5) is 9.93 Å². The Bertz CT molecular complexity index is 543. The second-order valence-corrected chi connectivity index (χ2v) is 5.95. The van der Waals surface area contributed by atoms with Gasteiger partial charge in [0.05, 0.1) is 17.9 Å². The highest BCUT2D eigenvalue weighted by molar-refractivity contribution is 7.14. The molecular weight excluding hydrogens is 292 g/mol. The molecule has 0 fully saturated rings. The molecule has 0 saturated carbocycles. The second-order valence-electron chi connectivity index (χ2n) is 5.09. The van der Waals surface area contributed by atoms with Gasteiger partial charge in [0.2, 0.25) is 0 Å². The van der Waals surface area contributed by atoms with Crippen molar-refractivity contribution in [2.45, 2.75) is 40.2 Å². The number of nitrogens with one attached hydrogen (secondary N) is 1. The van der Waals surface area contributed by atoms with E-state index < -0.39 is 17.7 Å². The van der Waals surface area contributed by atoms with Crippen LogP contribution < -0.4 is 5.32 Å². The first-order valence-corrected chi connectivity index (χ1v) is 7.44. The summed E-state index contributed by atoms with van der Waals surface area (Å²) in [4.78, 5) is 27.6. The van der Waals surface area contributed by atoms with Crippen LogP contribution in [0.2, 0.25) is 0 Å². The summed E-state index contributed by atoms with van der Waals surface area (Å²) in [6, 6.07) is 0. The van der Waals surface area contributed by atoms with Crippen molar-refractivity contribution in [1.29, 1.82) is 0 Å². The van der Waals surface area contributed by atoms with E-state index in [9.17, 15) is 9.59 Å². The van der Waals surface area contributed by atoms with Crippen LogP contribution in [-0.4, -0.2) is 29.3 Å². The molecule has 1 aromatic heterocycles. The Labute approximate surface area is 128 Å². The Kier molecular flexibility index (Phi) is 5.90. The van der Waals surface area contributed by atoms with E-state index in [0.29, 0.717) is 23.0 Å². The molecule has 0 saturated heterocycles. The zero-order chi connectivity index (χ0) is 16.0. The molecule has 0 unspecified atom stereocenters. The number of thiazole rings is 1. The molecule has 0 aliphatic rings. The van der Waals surface area contributed by atoms with Crippen molar-refractivity contribution >= 4 is 34.1 Å². The summed E-state index contributed by atoms with van der Waals surface area (Å²) in [5, 5.41) is 4.58. The molecule has 1 heterocycles. The van der Waals surface area contributed by atoms with E-state index in [1.54, 1.807) is 46.1 Å². The minimum Gasteiger partial charge on any atom is -0.462 e. The molecular formula is C14H20N2O4S. The van der Waals surface area contributed by atoms with Crippen molar-refractivity contribution in [2.75, 3.05) is 11.9 Å². The number of amides is 1. The maximum absolute atomic E-state index is 11.8. The van der Waals surface area contributed by atoms with E-state index in [-0.39, 0.29) is 0 Å². The lowest BCUT2D eigenvalue weighted by Gasteiger charge is -2.18. The Morgan fingerprint density at radius 2 is 2.10 bits per heavy atom. The first-order chi connectivity index (χ1) is 9.76. The number of carbonyl (C=O) groups excluding carboxylic acids is 2. The highest BCUT2D eigenvalue weighted by Crippen LogP contribution is 2.23. The maximum atomic E-state index is 11.8. The summed E-state index contributed by atoms with van der Waals surface area (Å²) in [6.07, 6.45) is 1.05. The van der Waals surface area contributed by atoms with Crippen LogP contribution in [0.5, 0.6) is 0 Å². The third-order valence-corrected chi connectivity index (χ3v) is 2.93. The lowest BCUT2D eigenvalue weighted by molar-refractivity contribution is -0.136. The van der Waals surface area contributed by atoms with Crippen molar-refractivity contribution in [3.05, 3.63) is 17.2 Å². The molecule has 0 spiro atoms. The minimum atomic E-state index is -0.582. The van der Waals surface area contributed by atoms with Crippen LogP contribution in [0.3, 0.4) is 0 Å². The SMILES string of the molecule is C/C=C(\C(=O)OCC)c1csc(NC(=O)OC(C)(C)C)n1. The molecule has 21 heavy (non-hydrogen) atoms. The summed E-state index contributed by atoms with van der Waals surface area (Å²) >= 11 is 1.21. The Morgan fingerprint density at radius 3 is 2.62 bits per heavy atom. The van der Waals surface area contributed by atoms with Crippen LogP contribution >= 0.6 is 11.3 Å². The van der Waals surface area contributed by atoms with Gasteiger partial charge in [-0.25, -0.2) is 14.6 Å². The Morgan fingerprint density at radius 1 is 1.43 bits per heavy atom. The van der Waals surface area contributed by atoms with Gasteiger partial charge in [-0.2, -0.15) is 0 Å². The first-order valence-electron chi connectivity index (χ1n) is 6.56. The molecule has 0 atom stereocenters. The fourth-order valence-corrected chi connectivity index (χ4v) is 2.12. The van der Waals surface area contributed by atoms with Gasteiger partial charge in [0.1, 0.15) is 5.60 Å². The van der Waals surface area contributed by atoms with Gasteiger partial charge in [0, 0.05) is 5.38 Å². The monoisotopic (exact) mass is 312 g/mol. The number of hydrogen-bond acceptors (Lipinski definition) is 6. The van der Waals surface area contributed by atoms with E-state index in [1.807, 2.05) is 0 Å². The number of carbonyl (C=O) groups is 2. The van der Waals surface area contributed by atoms with Gasteiger partial charge < -0.3 is 9.47 Å². The van der Waals surface area contributed by atoms with Crippen molar-refractivity contribution in [2.24, 2.45) is 0 Å². The van der Waals surface area contributed by atoms with Crippen LogP contribution in [0.1, 0.15) is 40.3 Å². The van der Waals surface area contributed by atoms with Gasteiger partial charge in [-0.1, -0.05) is 6.08 Å². The van der Waals surface area contributed by atoms with E-state index in [1.165, 1.54) is 11.3 Å². The summed E-state index contributed by atoms with van der Waals surface area (Å²) in [5.41, 5.74) is 0.251. The topological polar surface area (TPSA) is 77.5 Å². The lowest BCUT2D eigenvalue weighted by atomic mass is 10.2. The van der Waals surface area contributed by atoms with E-state index in [2.05, 4.69) is 10.3 Å². The molecule has 116 valence electrons. The Balaban J connectivity index is 2.77. The molecule has 0 bridgehead atoms. The van der Waals surface area contributed by atoms with Gasteiger partial charge in [-0.05, 0) is 34.6 Å². The number of allylic oxidation sites excluding steroid dienone is 1. The zero-order valence-corrected chi connectivity index (χ0v) is 13.7. The van der Waals surface area contributed by atoms with Crippen molar-refractivity contribution in [1.82, 2.24) is 4.98 Å². The minimum absolute atomic E-state index is 0.295. The second kappa shape index (κ2) is 7.21. The number of nitrogens with zero attached hydrogens (tertiary/aromatic N) is 1. The summed E-state index contributed by atoms with van der Waals surface area (Å²) in [5.74, 6) is -0.436. The van der Waals surface area contributed by atoms with Gasteiger partial charge >= 0.3 is 12.1 Å². The summed E-state index contributed by atoms with van der Waals surface area (Å²) < 4.78 is 10.1. The van der Waals surface area contributed by atoms with Crippen molar-refractivity contribution in [3.8, 4) is 0 Å². The number of rotatable bonds is 4. The smallest absolute Gasteiger partial charge is 0.413 e. The molecule has 6 nitrogen and oxygen atoms in total. The van der Waals surface area contributed by atoms with Crippen molar-refractivity contribution < 1.29 is 19.1 Å². The molecule has 0 radical (unpaired) electrons. The molecule has 0 aliphatic heterocycles. The maximum Gasteiger partial charge on any atom is 0.413 e. The number of anilines is 1. The Hall–Kier alpha value is -1.89. The van der Waals surface area contributed by atoms with Crippen molar-refractivity contribution in [3.63, 3.8) is 0 Å². The number of esters is 1. The molecule has 1 rings (SSSR count). The summed E-state index contributed by atoms with van der Waals surface area (Å²) in [7, 11) is 0. The predicted molar refractivity (Wildman–Crippen MR) is 82.3 cm³/mol. The summed E-state index contributed by atoms with van der Waals surface area (Å²) in [6.45, 7) is 9.09. The van der Waals surface area contributed by atoms with Gasteiger partial charge in [-0.3, -0.25) is 5.32 Å². The molecule has 0 aromatic carbocycles. The lowest BCUT2D eigenvalue weighted by Crippen LogP contribution is -2.27. The third kappa shape index (κ3) is 5.55. The normalized spacial score (nSPS) is 12.0. The van der Waals surface area contributed by atoms with Gasteiger partial charge in [0.15, 0.2) is 5.13 Å². The number of hydrogen-bond donors (Lipinski definition) is 1. The van der Waals surface area contributed by atoms with Crippen LogP contribution in [0, 0.1) is 0 Å². The van der Waals surface area contributed by atoms with Crippen LogP contribution in [-0.2, 0) is 14.3 Å².